The molecule has 1 saturated heterocycles. The topological polar surface area (TPSA) is 20.2 Å². The van der Waals surface area contributed by atoms with E-state index < -0.39 is 0 Å². The minimum absolute atomic E-state index is 0.310. The van der Waals surface area contributed by atoms with Gasteiger partial charge in [-0.25, -0.2) is 0 Å². The van der Waals surface area contributed by atoms with Gasteiger partial charge in [0.05, 0.1) is 6.61 Å². The summed E-state index contributed by atoms with van der Waals surface area (Å²) in [6.07, 6.45) is 0. The Morgan fingerprint density at radius 3 is 2.55 bits per heavy atom. The lowest BCUT2D eigenvalue weighted by Gasteiger charge is -1.94. The molecule has 2 atom stereocenters. The van der Waals surface area contributed by atoms with Crippen LogP contribution in [0.4, 0.5) is 0 Å². The lowest BCUT2D eigenvalue weighted by molar-refractivity contribution is 0.302. The van der Waals surface area contributed by atoms with E-state index in [0.717, 1.165) is 0 Å². The molecule has 1 nitrogen and oxygen atoms in total. The second-order valence-electron chi connectivity index (χ2n) is 2.69. The maximum Gasteiger partial charge on any atom is 0.0564 e. The van der Waals surface area contributed by atoms with Crippen molar-refractivity contribution in [1.29, 1.82) is 0 Å². The highest BCUT2D eigenvalue weighted by atomic mass is 32.2. The molecule has 11 heavy (non-hydrogen) atoms. The number of aliphatic hydroxyl groups is 1. The molecule has 1 aromatic carbocycles. The van der Waals surface area contributed by atoms with E-state index in [1.807, 2.05) is 30.0 Å². The zero-order valence-electron chi connectivity index (χ0n) is 6.10. The van der Waals surface area contributed by atoms with E-state index in [-0.39, 0.29) is 0 Å². The maximum absolute atomic E-state index is 8.82. The highest BCUT2D eigenvalue weighted by Gasteiger charge is 2.38. The van der Waals surface area contributed by atoms with Crippen LogP contribution in [-0.2, 0) is 0 Å². The highest BCUT2D eigenvalue weighted by Crippen LogP contribution is 2.54. The molecule has 1 aliphatic rings. The Hall–Kier alpha value is -0.470. The van der Waals surface area contributed by atoms with E-state index in [1.165, 1.54) is 5.56 Å². The molecule has 0 aliphatic carbocycles. The summed E-state index contributed by atoms with van der Waals surface area (Å²) < 4.78 is 0. The van der Waals surface area contributed by atoms with Gasteiger partial charge in [-0.15, -0.1) is 11.8 Å². The third kappa shape index (κ3) is 1.42. The van der Waals surface area contributed by atoms with Gasteiger partial charge in [-0.3, -0.25) is 0 Å². The number of benzene rings is 1. The van der Waals surface area contributed by atoms with Crippen LogP contribution in [0.15, 0.2) is 30.3 Å². The van der Waals surface area contributed by atoms with Crippen LogP contribution in [0.1, 0.15) is 10.8 Å². The molecule has 58 valence electrons. The van der Waals surface area contributed by atoms with Crippen LogP contribution in [0, 0.1) is 0 Å². The summed E-state index contributed by atoms with van der Waals surface area (Å²) in [6.45, 7) is 0.310. The average Bonchev–Trinajstić information content (AvgIpc) is 2.85. The van der Waals surface area contributed by atoms with Crippen molar-refractivity contribution in [2.24, 2.45) is 0 Å². The summed E-state index contributed by atoms with van der Waals surface area (Å²) in [5.41, 5.74) is 1.34. The summed E-state index contributed by atoms with van der Waals surface area (Å²) in [5.74, 6) is 0. The fourth-order valence-corrected chi connectivity index (χ4v) is 2.15. The first-order chi connectivity index (χ1) is 5.42. The van der Waals surface area contributed by atoms with Crippen molar-refractivity contribution in [3.05, 3.63) is 35.9 Å². The Balaban J connectivity index is 2.09. The molecule has 1 fully saturated rings. The fraction of sp³-hybridized carbons (Fsp3) is 0.333. The molecule has 1 N–H and O–H groups in total. The molecular weight excluding hydrogens is 156 g/mol. The molecule has 0 amide bonds. The first kappa shape index (κ1) is 7.19. The monoisotopic (exact) mass is 166 g/mol. The Kier molecular flexibility index (Phi) is 1.88. The van der Waals surface area contributed by atoms with Gasteiger partial charge in [0.2, 0.25) is 0 Å². The highest BCUT2D eigenvalue weighted by molar-refractivity contribution is 8.07. The number of hydrogen-bond donors (Lipinski definition) is 1. The molecule has 2 rings (SSSR count). The van der Waals surface area contributed by atoms with Crippen LogP contribution < -0.4 is 0 Å². The summed E-state index contributed by atoms with van der Waals surface area (Å²) >= 11 is 1.84. The number of aliphatic hydroxyl groups excluding tert-OH is 1. The zero-order valence-corrected chi connectivity index (χ0v) is 6.92. The van der Waals surface area contributed by atoms with Crippen molar-refractivity contribution in [3.8, 4) is 0 Å². The molecule has 0 aromatic heterocycles. The SMILES string of the molecule is OCC1SC1c1ccccc1. The van der Waals surface area contributed by atoms with Gasteiger partial charge in [-0.05, 0) is 5.56 Å². The van der Waals surface area contributed by atoms with E-state index >= 15 is 0 Å². The second-order valence-corrected chi connectivity index (χ2v) is 4.07. The molecular formula is C9H10OS. The maximum atomic E-state index is 8.82. The van der Waals surface area contributed by atoms with Crippen LogP contribution in [0.2, 0.25) is 0 Å². The third-order valence-corrected chi connectivity index (χ3v) is 3.24. The molecule has 2 unspecified atom stereocenters. The molecule has 1 aromatic rings. The van der Waals surface area contributed by atoms with Crippen LogP contribution >= 0.6 is 11.8 Å². The van der Waals surface area contributed by atoms with Crippen molar-refractivity contribution in [2.45, 2.75) is 10.5 Å². The number of hydrogen-bond acceptors (Lipinski definition) is 2. The van der Waals surface area contributed by atoms with Gasteiger partial charge in [0, 0.05) is 10.5 Å². The van der Waals surface area contributed by atoms with Crippen molar-refractivity contribution in [3.63, 3.8) is 0 Å². The van der Waals surface area contributed by atoms with E-state index in [0.29, 0.717) is 17.1 Å². The minimum atomic E-state index is 0.310. The van der Waals surface area contributed by atoms with E-state index in [1.54, 1.807) is 0 Å². The Labute approximate surface area is 70.4 Å². The Morgan fingerprint density at radius 2 is 2.00 bits per heavy atom. The molecule has 0 spiro atoms. The lowest BCUT2D eigenvalue weighted by Crippen LogP contribution is -1.93. The third-order valence-electron chi connectivity index (χ3n) is 1.89. The predicted octanol–water partition coefficient (Wildman–Crippen LogP) is 1.84. The normalized spacial score (nSPS) is 28.5. The first-order valence-electron chi connectivity index (χ1n) is 3.73. The quantitative estimate of drug-likeness (QED) is 0.676. The smallest absolute Gasteiger partial charge is 0.0564 e. The first-order valence-corrected chi connectivity index (χ1v) is 4.67. The zero-order chi connectivity index (χ0) is 7.68. The standard InChI is InChI=1S/C9H10OS/c10-6-8-9(11-8)7-4-2-1-3-5-7/h1-5,8-10H,6H2. The minimum Gasteiger partial charge on any atom is -0.395 e. The average molecular weight is 166 g/mol. The van der Waals surface area contributed by atoms with Crippen molar-refractivity contribution >= 4 is 11.8 Å². The van der Waals surface area contributed by atoms with E-state index in [9.17, 15) is 0 Å². The summed E-state index contributed by atoms with van der Waals surface area (Å²) in [5, 5.41) is 9.83. The summed E-state index contributed by atoms with van der Waals surface area (Å²) in [4.78, 5) is 0. The second kappa shape index (κ2) is 2.88. The molecule has 0 saturated carbocycles. The van der Waals surface area contributed by atoms with Crippen LogP contribution in [0.5, 0.6) is 0 Å². The van der Waals surface area contributed by atoms with Gasteiger partial charge in [0.1, 0.15) is 0 Å². The van der Waals surface area contributed by atoms with Crippen LogP contribution in [-0.4, -0.2) is 17.0 Å². The van der Waals surface area contributed by atoms with Crippen LogP contribution in [0.3, 0.4) is 0 Å². The van der Waals surface area contributed by atoms with Gasteiger partial charge in [0.25, 0.3) is 0 Å². The van der Waals surface area contributed by atoms with Gasteiger partial charge in [-0.1, -0.05) is 30.3 Å². The largest absolute Gasteiger partial charge is 0.395 e. The van der Waals surface area contributed by atoms with Gasteiger partial charge < -0.3 is 5.11 Å². The van der Waals surface area contributed by atoms with Gasteiger partial charge in [0.15, 0.2) is 0 Å². The number of thioether (sulfide) groups is 1. The van der Waals surface area contributed by atoms with Gasteiger partial charge >= 0.3 is 0 Å². The summed E-state index contributed by atoms with van der Waals surface area (Å²) in [6, 6.07) is 10.3. The Morgan fingerprint density at radius 1 is 1.27 bits per heavy atom. The fourth-order valence-electron chi connectivity index (χ4n) is 1.22. The predicted molar refractivity (Wildman–Crippen MR) is 47.6 cm³/mol. The van der Waals surface area contributed by atoms with Gasteiger partial charge in [-0.2, -0.15) is 0 Å². The van der Waals surface area contributed by atoms with Crippen LogP contribution in [0.25, 0.3) is 0 Å². The molecule has 0 radical (unpaired) electrons. The summed E-state index contributed by atoms with van der Waals surface area (Å²) in [7, 11) is 0. The van der Waals surface area contributed by atoms with E-state index in [4.69, 9.17) is 5.11 Å². The Bertz CT molecular complexity index is 235. The molecule has 2 heteroatoms. The van der Waals surface area contributed by atoms with E-state index in [2.05, 4.69) is 12.1 Å². The lowest BCUT2D eigenvalue weighted by atomic mass is 10.1. The van der Waals surface area contributed by atoms with Crippen molar-refractivity contribution in [1.82, 2.24) is 0 Å². The molecule has 1 heterocycles. The number of rotatable bonds is 2. The van der Waals surface area contributed by atoms with Crippen molar-refractivity contribution < 1.29 is 5.11 Å². The molecule has 0 bridgehead atoms. The molecule has 1 aliphatic heterocycles. The van der Waals surface area contributed by atoms with Crippen molar-refractivity contribution in [2.75, 3.05) is 6.61 Å².